The molecule has 0 saturated carbocycles. The predicted molar refractivity (Wildman–Crippen MR) is 102 cm³/mol. The SMILES string of the molecule is CC(=O)COCCc1ccc(N2CCCC(c3ccccc3)C2)cc1. The Morgan fingerprint density at radius 1 is 1.12 bits per heavy atom. The van der Waals surface area contributed by atoms with E-state index < -0.39 is 0 Å². The third kappa shape index (κ3) is 5.17. The molecule has 1 aliphatic rings. The van der Waals surface area contributed by atoms with Gasteiger partial charge in [0, 0.05) is 24.7 Å². The van der Waals surface area contributed by atoms with Crippen LogP contribution in [-0.2, 0) is 16.0 Å². The fourth-order valence-electron chi connectivity index (χ4n) is 3.49. The second-order valence-electron chi connectivity index (χ2n) is 6.87. The van der Waals surface area contributed by atoms with Crippen LogP contribution in [0, 0.1) is 0 Å². The van der Waals surface area contributed by atoms with Gasteiger partial charge in [-0.25, -0.2) is 0 Å². The van der Waals surface area contributed by atoms with Gasteiger partial charge in [0.25, 0.3) is 0 Å². The summed E-state index contributed by atoms with van der Waals surface area (Å²) in [6, 6.07) is 19.6. The van der Waals surface area contributed by atoms with Crippen LogP contribution in [-0.4, -0.2) is 32.1 Å². The smallest absolute Gasteiger partial charge is 0.155 e. The van der Waals surface area contributed by atoms with Gasteiger partial charge < -0.3 is 9.64 Å². The maximum atomic E-state index is 10.9. The lowest BCUT2D eigenvalue weighted by Crippen LogP contribution is -2.34. The number of hydrogen-bond acceptors (Lipinski definition) is 3. The first-order chi connectivity index (χ1) is 12.2. The van der Waals surface area contributed by atoms with Crippen LogP contribution in [0.15, 0.2) is 54.6 Å². The van der Waals surface area contributed by atoms with E-state index in [2.05, 4.69) is 59.5 Å². The van der Waals surface area contributed by atoms with Gasteiger partial charge in [-0.15, -0.1) is 0 Å². The van der Waals surface area contributed by atoms with Gasteiger partial charge in [0.1, 0.15) is 6.61 Å². The summed E-state index contributed by atoms with van der Waals surface area (Å²) >= 11 is 0. The number of benzene rings is 2. The van der Waals surface area contributed by atoms with E-state index in [0.717, 1.165) is 19.5 Å². The van der Waals surface area contributed by atoms with Crippen molar-refractivity contribution in [3.05, 3.63) is 65.7 Å². The molecule has 0 aliphatic carbocycles. The Balaban J connectivity index is 1.55. The number of piperidine rings is 1. The van der Waals surface area contributed by atoms with Gasteiger partial charge in [-0.2, -0.15) is 0 Å². The molecule has 3 heteroatoms. The third-order valence-electron chi connectivity index (χ3n) is 4.83. The number of anilines is 1. The fraction of sp³-hybridized carbons (Fsp3) is 0.409. The summed E-state index contributed by atoms with van der Waals surface area (Å²) in [4.78, 5) is 13.4. The first-order valence-corrected chi connectivity index (χ1v) is 9.18. The molecule has 1 unspecified atom stereocenters. The summed E-state index contributed by atoms with van der Waals surface area (Å²) in [6.07, 6.45) is 3.35. The summed E-state index contributed by atoms with van der Waals surface area (Å²) in [5.41, 5.74) is 4.00. The number of Topliss-reactive ketones (excluding diaryl/α,β-unsaturated/α-hetero) is 1. The molecule has 1 aliphatic heterocycles. The highest BCUT2D eigenvalue weighted by Crippen LogP contribution is 2.30. The van der Waals surface area contributed by atoms with Crippen molar-refractivity contribution in [3.63, 3.8) is 0 Å². The zero-order valence-corrected chi connectivity index (χ0v) is 15.0. The zero-order chi connectivity index (χ0) is 17.5. The van der Waals surface area contributed by atoms with E-state index >= 15 is 0 Å². The summed E-state index contributed by atoms with van der Waals surface area (Å²) in [5.74, 6) is 0.697. The monoisotopic (exact) mass is 337 g/mol. The van der Waals surface area contributed by atoms with Crippen molar-refractivity contribution in [3.8, 4) is 0 Å². The molecule has 1 heterocycles. The van der Waals surface area contributed by atoms with E-state index in [1.807, 2.05) is 0 Å². The van der Waals surface area contributed by atoms with Crippen molar-refractivity contribution in [2.75, 3.05) is 31.2 Å². The van der Waals surface area contributed by atoms with Gasteiger partial charge in [0.2, 0.25) is 0 Å². The molecular formula is C22H27NO2. The maximum Gasteiger partial charge on any atom is 0.155 e. The van der Waals surface area contributed by atoms with Gasteiger partial charge in [-0.1, -0.05) is 42.5 Å². The zero-order valence-electron chi connectivity index (χ0n) is 15.0. The lowest BCUT2D eigenvalue weighted by molar-refractivity contribution is -0.121. The minimum Gasteiger partial charge on any atom is -0.373 e. The molecule has 0 N–H and O–H groups in total. The molecule has 0 amide bonds. The van der Waals surface area contributed by atoms with E-state index in [-0.39, 0.29) is 12.4 Å². The molecule has 0 bridgehead atoms. The Kier molecular flexibility index (Phi) is 6.24. The van der Waals surface area contributed by atoms with Gasteiger partial charge in [-0.3, -0.25) is 4.79 Å². The first kappa shape index (κ1) is 17.7. The highest BCUT2D eigenvalue weighted by molar-refractivity contribution is 5.76. The summed E-state index contributed by atoms with van der Waals surface area (Å²) in [7, 11) is 0. The molecule has 3 rings (SSSR count). The normalized spacial score (nSPS) is 17.5. The minimum absolute atomic E-state index is 0.0772. The number of rotatable bonds is 7. The van der Waals surface area contributed by atoms with Crippen LogP contribution < -0.4 is 4.90 Å². The lowest BCUT2D eigenvalue weighted by atomic mass is 9.90. The summed E-state index contributed by atoms with van der Waals surface area (Å²) in [5, 5.41) is 0. The van der Waals surface area contributed by atoms with Crippen molar-refractivity contribution in [1.82, 2.24) is 0 Å². The van der Waals surface area contributed by atoms with E-state index in [1.54, 1.807) is 6.92 Å². The van der Waals surface area contributed by atoms with Crippen molar-refractivity contribution in [2.45, 2.75) is 32.1 Å². The standard InChI is InChI=1S/C22H27NO2/c1-18(24)17-25-15-13-19-9-11-22(12-10-19)23-14-5-8-21(16-23)20-6-3-2-4-7-20/h2-4,6-7,9-12,21H,5,8,13-17H2,1H3. The van der Waals surface area contributed by atoms with Gasteiger partial charge in [-0.05, 0) is 49.4 Å². The van der Waals surface area contributed by atoms with Gasteiger partial charge >= 0.3 is 0 Å². The Morgan fingerprint density at radius 3 is 2.60 bits per heavy atom. The van der Waals surface area contributed by atoms with Gasteiger partial charge in [0.15, 0.2) is 5.78 Å². The molecule has 1 saturated heterocycles. The largest absolute Gasteiger partial charge is 0.373 e. The van der Waals surface area contributed by atoms with Gasteiger partial charge in [0.05, 0.1) is 6.61 Å². The van der Waals surface area contributed by atoms with E-state index in [0.29, 0.717) is 12.5 Å². The Hall–Kier alpha value is -2.13. The van der Waals surface area contributed by atoms with Crippen molar-refractivity contribution >= 4 is 11.5 Å². The second kappa shape index (κ2) is 8.82. The molecule has 1 atom stereocenters. The highest BCUT2D eigenvalue weighted by atomic mass is 16.5. The van der Waals surface area contributed by atoms with E-state index in [4.69, 9.17) is 4.74 Å². The number of nitrogens with zero attached hydrogens (tertiary/aromatic N) is 1. The van der Waals surface area contributed by atoms with E-state index in [1.165, 1.54) is 29.7 Å². The average Bonchev–Trinajstić information content (AvgIpc) is 2.66. The molecule has 0 aromatic heterocycles. The van der Waals surface area contributed by atoms with Crippen LogP contribution in [0.5, 0.6) is 0 Å². The van der Waals surface area contributed by atoms with Crippen molar-refractivity contribution in [1.29, 1.82) is 0 Å². The molecule has 132 valence electrons. The highest BCUT2D eigenvalue weighted by Gasteiger charge is 2.21. The second-order valence-corrected chi connectivity index (χ2v) is 6.87. The minimum atomic E-state index is 0.0772. The van der Waals surface area contributed by atoms with Crippen molar-refractivity contribution < 1.29 is 9.53 Å². The van der Waals surface area contributed by atoms with Crippen LogP contribution in [0.2, 0.25) is 0 Å². The summed E-state index contributed by atoms with van der Waals surface area (Å²) < 4.78 is 5.35. The molecule has 25 heavy (non-hydrogen) atoms. The Bertz CT molecular complexity index is 666. The topological polar surface area (TPSA) is 29.5 Å². The Labute approximate surface area is 150 Å². The average molecular weight is 337 g/mol. The molecule has 0 radical (unpaired) electrons. The number of ketones is 1. The predicted octanol–water partition coefficient (Wildman–Crippen LogP) is 4.22. The quantitative estimate of drug-likeness (QED) is 0.709. The van der Waals surface area contributed by atoms with Crippen LogP contribution in [0.1, 0.15) is 36.8 Å². The molecule has 2 aromatic rings. The van der Waals surface area contributed by atoms with Crippen LogP contribution in [0.4, 0.5) is 5.69 Å². The third-order valence-corrected chi connectivity index (χ3v) is 4.83. The number of carbonyl (C=O) groups excluding carboxylic acids is 1. The fourth-order valence-corrected chi connectivity index (χ4v) is 3.49. The van der Waals surface area contributed by atoms with Crippen LogP contribution in [0.25, 0.3) is 0 Å². The number of carbonyl (C=O) groups is 1. The van der Waals surface area contributed by atoms with Crippen LogP contribution in [0.3, 0.4) is 0 Å². The molecular weight excluding hydrogens is 310 g/mol. The molecule has 3 nitrogen and oxygen atoms in total. The lowest BCUT2D eigenvalue weighted by Gasteiger charge is -2.34. The first-order valence-electron chi connectivity index (χ1n) is 9.18. The molecule has 0 spiro atoms. The summed E-state index contributed by atoms with van der Waals surface area (Å²) in [6.45, 7) is 4.58. The number of hydrogen-bond donors (Lipinski definition) is 0. The van der Waals surface area contributed by atoms with E-state index in [9.17, 15) is 4.79 Å². The Morgan fingerprint density at radius 2 is 1.88 bits per heavy atom. The molecule has 1 fully saturated rings. The number of ether oxygens (including phenoxy) is 1. The van der Waals surface area contributed by atoms with Crippen LogP contribution >= 0.6 is 0 Å². The maximum absolute atomic E-state index is 10.9. The molecule has 2 aromatic carbocycles. The van der Waals surface area contributed by atoms with Crippen molar-refractivity contribution in [2.24, 2.45) is 0 Å².